The van der Waals surface area contributed by atoms with Crippen LogP contribution in [-0.2, 0) is 4.79 Å². The van der Waals surface area contributed by atoms with Crippen molar-refractivity contribution in [1.29, 1.82) is 0 Å². The lowest BCUT2D eigenvalue weighted by Gasteiger charge is -2.12. The van der Waals surface area contributed by atoms with E-state index in [0.717, 1.165) is 11.8 Å². The Balaban J connectivity index is 1.68. The first kappa shape index (κ1) is 22.1. The van der Waals surface area contributed by atoms with Crippen LogP contribution in [0.5, 0.6) is 17.2 Å². The molecule has 0 saturated heterocycles. The minimum atomic E-state index is -0.281. The fraction of sp³-hybridized carbons (Fsp3) is 0.211. The summed E-state index contributed by atoms with van der Waals surface area (Å²) in [6, 6.07) is 8.20. The Labute approximate surface area is 186 Å². The van der Waals surface area contributed by atoms with Gasteiger partial charge in [0.2, 0.25) is 17.5 Å². The van der Waals surface area contributed by atoms with Crippen LogP contribution >= 0.6 is 35.0 Å². The summed E-state index contributed by atoms with van der Waals surface area (Å²) in [4.78, 5) is 12.2. The Morgan fingerprint density at radius 3 is 2.37 bits per heavy atom. The minimum Gasteiger partial charge on any atom is -0.493 e. The van der Waals surface area contributed by atoms with Crippen LogP contribution in [0.25, 0.3) is 11.5 Å². The van der Waals surface area contributed by atoms with Gasteiger partial charge in [-0.05, 0) is 30.3 Å². The topological polar surface area (TPSA) is 95.7 Å². The monoisotopic (exact) mass is 469 g/mol. The van der Waals surface area contributed by atoms with E-state index in [4.69, 9.17) is 41.8 Å². The van der Waals surface area contributed by atoms with Crippen molar-refractivity contribution < 1.29 is 23.4 Å². The number of benzene rings is 2. The van der Waals surface area contributed by atoms with Gasteiger partial charge in [0.05, 0.1) is 37.8 Å². The Kier molecular flexibility index (Phi) is 7.30. The number of methoxy groups -OCH3 is 3. The second-order valence-corrected chi connectivity index (χ2v) is 7.52. The number of thioether (sulfide) groups is 1. The molecule has 158 valence electrons. The van der Waals surface area contributed by atoms with Crippen LogP contribution in [0.4, 0.5) is 5.69 Å². The molecule has 0 aliphatic heterocycles. The van der Waals surface area contributed by atoms with Crippen molar-refractivity contribution in [2.45, 2.75) is 5.22 Å². The molecule has 0 radical (unpaired) electrons. The van der Waals surface area contributed by atoms with Crippen LogP contribution < -0.4 is 19.5 Å². The summed E-state index contributed by atoms with van der Waals surface area (Å²) < 4.78 is 21.6. The third-order valence-electron chi connectivity index (χ3n) is 3.85. The fourth-order valence-corrected chi connectivity index (χ4v) is 3.51. The molecular weight excluding hydrogens is 453 g/mol. The lowest BCUT2D eigenvalue weighted by atomic mass is 10.2. The molecule has 1 aromatic heterocycles. The lowest BCUT2D eigenvalue weighted by molar-refractivity contribution is -0.113. The van der Waals surface area contributed by atoms with E-state index >= 15 is 0 Å². The van der Waals surface area contributed by atoms with Crippen molar-refractivity contribution in [2.24, 2.45) is 0 Å². The van der Waals surface area contributed by atoms with Crippen LogP contribution in [0.1, 0.15) is 0 Å². The third kappa shape index (κ3) is 5.10. The summed E-state index contributed by atoms with van der Waals surface area (Å²) in [6.45, 7) is 0. The van der Waals surface area contributed by atoms with Crippen molar-refractivity contribution in [3.05, 3.63) is 40.4 Å². The van der Waals surface area contributed by atoms with Crippen LogP contribution in [0.3, 0.4) is 0 Å². The average molecular weight is 470 g/mol. The van der Waals surface area contributed by atoms with E-state index in [1.807, 2.05) is 0 Å². The summed E-state index contributed by atoms with van der Waals surface area (Å²) in [6.07, 6.45) is 0. The number of carbonyl (C=O) groups excluding carboxylic acids is 1. The number of aromatic nitrogens is 2. The number of anilines is 1. The molecule has 3 aromatic rings. The summed E-state index contributed by atoms with van der Waals surface area (Å²) >= 11 is 13.0. The molecule has 1 N–H and O–H groups in total. The molecule has 0 atom stereocenters. The number of hydrogen-bond donors (Lipinski definition) is 1. The van der Waals surface area contributed by atoms with E-state index in [-0.39, 0.29) is 22.8 Å². The summed E-state index contributed by atoms with van der Waals surface area (Å²) in [7, 11) is 4.55. The SMILES string of the molecule is COc1cc(-c2nnc(SCC(=O)Nc3ccc(Cl)cc3Cl)o2)cc(OC)c1OC. The summed E-state index contributed by atoms with van der Waals surface area (Å²) in [5.74, 6) is 1.39. The predicted molar refractivity (Wildman–Crippen MR) is 115 cm³/mol. The molecule has 0 spiro atoms. The number of halogens is 2. The van der Waals surface area contributed by atoms with E-state index in [9.17, 15) is 4.79 Å². The van der Waals surface area contributed by atoms with Gasteiger partial charge >= 0.3 is 0 Å². The second-order valence-electron chi connectivity index (χ2n) is 5.75. The Morgan fingerprint density at radius 1 is 1.07 bits per heavy atom. The standard InChI is InChI=1S/C19H17Cl2N3O5S/c1-26-14-6-10(7-15(27-2)17(14)28-3)18-23-24-19(29-18)30-9-16(25)22-13-5-4-11(20)8-12(13)21/h4-8H,9H2,1-3H3,(H,22,25). The first-order valence-corrected chi connectivity index (χ1v) is 10.2. The van der Waals surface area contributed by atoms with Gasteiger partial charge in [0.15, 0.2) is 11.5 Å². The summed E-state index contributed by atoms with van der Waals surface area (Å²) in [5, 5.41) is 11.8. The van der Waals surface area contributed by atoms with Gasteiger partial charge in [0.1, 0.15) is 0 Å². The van der Waals surface area contributed by atoms with Crippen molar-refractivity contribution in [3.8, 4) is 28.7 Å². The number of rotatable bonds is 8. The number of amides is 1. The van der Waals surface area contributed by atoms with Crippen molar-refractivity contribution in [3.63, 3.8) is 0 Å². The van der Waals surface area contributed by atoms with Gasteiger partial charge in [0.25, 0.3) is 5.22 Å². The molecule has 3 rings (SSSR count). The third-order valence-corrected chi connectivity index (χ3v) is 5.22. The zero-order chi connectivity index (χ0) is 21.7. The normalized spacial score (nSPS) is 10.6. The average Bonchev–Trinajstić information content (AvgIpc) is 3.22. The smallest absolute Gasteiger partial charge is 0.277 e. The van der Waals surface area contributed by atoms with Crippen molar-refractivity contribution >= 4 is 46.6 Å². The maximum absolute atomic E-state index is 12.2. The molecular formula is C19H17Cl2N3O5S. The van der Waals surface area contributed by atoms with Gasteiger partial charge in [-0.1, -0.05) is 35.0 Å². The molecule has 8 nitrogen and oxygen atoms in total. The minimum absolute atomic E-state index is 0.0514. The van der Waals surface area contributed by atoms with Gasteiger partial charge in [-0.15, -0.1) is 10.2 Å². The number of hydrogen-bond acceptors (Lipinski definition) is 8. The number of nitrogens with one attached hydrogen (secondary N) is 1. The molecule has 0 aliphatic rings. The lowest BCUT2D eigenvalue weighted by Crippen LogP contribution is -2.14. The highest BCUT2D eigenvalue weighted by molar-refractivity contribution is 7.99. The number of ether oxygens (including phenoxy) is 3. The van der Waals surface area contributed by atoms with Crippen molar-refractivity contribution in [1.82, 2.24) is 10.2 Å². The van der Waals surface area contributed by atoms with Gasteiger partial charge in [-0.25, -0.2) is 0 Å². The molecule has 0 unspecified atom stereocenters. The number of carbonyl (C=O) groups is 1. The molecule has 30 heavy (non-hydrogen) atoms. The van der Waals surface area contributed by atoms with Crippen LogP contribution in [-0.4, -0.2) is 43.2 Å². The molecule has 1 amide bonds. The van der Waals surface area contributed by atoms with Crippen LogP contribution in [0.2, 0.25) is 10.0 Å². The van der Waals surface area contributed by atoms with Gasteiger partial charge in [0, 0.05) is 10.6 Å². The molecule has 1 heterocycles. The maximum atomic E-state index is 12.2. The van der Waals surface area contributed by atoms with Gasteiger partial charge < -0.3 is 23.9 Å². The Bertz CT molecular complexity index is 1040. The molecule has 2 aromatic carbocycles. The first-order chi connectivity index (χ1) is 14.4. The highest BCUT2D eigenvalue weighted by atomic mass is 35.5. The largest absolute Gasteiger partial charge is 0.493 e. The second kappa shape index (κ2) is 9.92. The van der Waals surface area contributed by atoms with Crippen LogP contribution in [0.15, 0.2) is 40.0 Å². The van der Waals surface area contributed by atoms with E-state index in [1.54, 1.807) is 30.3 Å². The predicted octanol–water partition coefficient (Wildman–Crippen LogP) is 4.80. The first-order valence-electron chi connectivity index (χ1n) is 8.46. The Hall–Kier alpha value is -2.62. The van der Waals surface area contributed by atoms with Gasteiger partial charge in [-0.2, -0.15) is 0 Å². The van der Waals surface area contributed by atoms with Gasteiger partial charge in [-0.3, -0.25) is 4.79 Å². The highest BCUT2D eigenvalue weighted by Crippen LogP contribution is 2.41. The van der Waals surface area contributed by atoms with E-state index in [2.05, 4.69) is 15.5 Å². The van der Waals surface area contributed by atoms with E-state index in [1.165, 1.54) is 21.3 Å². The molecule has 0 saturated carbocycles. The molecule has 11 heteroatoms. The quantitative estimate of drug-likeness (QED) is 0.469. The Morgan fingerprint density at radius 2 is 1.77 bits per heavy atom. The van der Waals surface area contributed by atoms with Crippen LogP contribution in [0, 0.1) is 0 Å². The van der Waals surface area contributed by atoms with Crippen molar-refractivity contribution in [2.75, 3.05) is 32.4 Å². The maximum Gasteiger partial charge on any atom is 0.277 e. The summed E-state index contributed by atoms with van der Waals surface area (Å²) in [5.41, 5.74) is 1.05. The van der Waals surface area contributed by atoms with E-state index < -0.39 is 0 Å². The van der Waals surface area contributed by atoms with E-state index in [0.29, 0.717) is 38.5 Å². The number of nitrogens with zero attached hydrogens (tertiary/aromatic N) is 2. The zero-order valence-corrected chi connectivity index (χ0v) is 18.5. The molecule has 0 aliphatic carbocycles. The zero-order valence-electron chi connectivity index (χ0n) is 16.2. The highest BCUT2D eigenvalue weighted by Gasteiger charge is 2.18. The molecule has 0 bridgehead atoms. The molecule has 0 fully saturated rings. The fourth-order valence-electron chi connectivity index (χ4n) is 2.49.